The van der Waals surface area contributed by atoms with E-state index in [-0.39, 0.29) is 29.0 Å². The summed E-state index contributed by atoms with van der Waals surface area (Å²) in [6.07, 6.45) is 9.37. The highest BCUT2D eigenvalue weighted by molar-refractivity contribution is 5.36. The van der Waals surface area contributed by atoms with Gasteiger partial charge in [0.15, 0.2) is 0 Å². The third-order valence-corrected chi connectivity index (χ3v) is 14.0. The second-order valence-corrected chi connectivity index (χ2v) is 15.7. The number of benzene rings is 2. The topological polar surface area (TPSA) is 60.7 Å². The maximum Gasteiger partial charge on any atom is 0.117 e. The van der Waals surface area contributed by atoms with Crippen molar-refractivity contribution in [3.8, 4) is 0 Å². The summed E-state index contributed by atoms with van der Waals surface area (Å²) in [5.41, 5.74) is 1.39. The zero-order valence-corrected chi connectivity index (χ0v) is 26.8. The molecule has 4 unspecified atom stereocenters. The summed E-state index contributed by atoms with van der Waals surface area (Å²) < 4.78 is 0. The van der Waals surface area contributed by atoms with Crippen LogP contribution in [0.2, 0.25) is 0 Å². The molecule has 3 N–H and O–H groups in total. The SMILES string of the molecule is CC[C@H]1[C@@H](O)C2C3CC[C@H]([C@H](C)CC(C)C(O)(c4ccccc4)c4ccccc4)[C@@]3(C)CCC2[C@@]2(C)CC[C@@H](O)C[C@@H]12. The third kappa shape index (κ3) is 4.63. The predicted molar refractivity (Wildman–Crippen MR) is 171 cm³/mol. The Morgan fingerprint density at radius 1 is 0.786 bits per heavy atom. The van der Waals surface area contributed by atoms with Crippen molar-refractivity contribution in [3.05, 3.63) is 71.8 Å². The molecule has 3 heteroatoms. The fourth-order valence-electron chi connectivity index (χ4n) is 11.9. The standard InChI is InChI=1S/C39H56O3/c1-6-30-34-24-29(40)19-21-38(34,5)33-20-22-37(4)31(17-18-32(37)35(33)36(30)41)25(2)23-26(3)39(42,27-13-9-7-10-14-27)28-15-11-8-12-16-28/h7-16,25-26,29-36,40-42H,6,17-24H2,1-5H3/t25-,26?,29-,30-,31-,32?,33?,34+,35?,36-,37-,38-/m1/s1. The highest BCUT2D eigenvalue weighted by Gasteiger charge is 2.65. The Kier molecular flexibility index (Phi) is 8.20. The average molecular weight is 573 g/mol. The Morgan fingerprint density at radius 3 is 1.95 bits per heavy atom. The highest BCUT2D eigenvalue weighted by Crippen LogP contribution is 2.69. The van der Waals surface area contributed by atoms with E-state index < -0.39 is 5.60 Å². The van der Waals surface area contributed by atoms with Crippen molar-refractivity contribution in [1.29, 1.82) is 0 Å². The van der Waals surface area contributed by atoms with E-state index >= 15 is 0 Å². The second kappa shape index (κ2) is 11.4. The van der Waals surface area contributed by atoms with Gasteiger partial charge in [-0.25, -0.2) is 0 Å². The molecule has 0 aromatic heterocycles. The van der Waals surface area contributed by atoms with Gasteiger partial charge in [-0.2, -0.15) is 0 Å². The molecule has 0 bridgehead atoms. The molecule has 4 fully saturated rings. The summed E-state index contributed by atoms with van der Waals surface area (Å²) in [4.78, 5) is 0. The van der Waals surface area contributed by atoms with Crippen molar-refractivity contribution in [2.45, 2.75) is 110 Å². The van der Waals surface area contributed by atoms with Crippen LogP contribution in [0.25, 0.3) is 0 Å². The number of rotatable bonds is 7. The van der Waals surface area contributed by atoms with Gasteiger partial charge in [0.1, 0.15) is 5.60 Å². The third-order valence-electron chi connectivity index (χ3n) is 14.0. The molecule has 0 amide bonds. The van der Waals surface area contributed by atoms with E-state index in [1.165, 1.54) is 25.7 Å². The van der Waals surface area contributed by atoms with E-state index in [1.54, 1.807) is 0 Å². The lowest BCUT2D eigenvalue weighted by Gasteiger charge is -2.64. The molecule has 3 nitrogen and oxygen atoms in total. The zero-order valence-electron chi connectivity index (χ0n) is 26.8. The Bertz CT molecular complexity index is 1160. The number of fused-ring (bicyclic) bond motifs is 5. The van der Waals surface area contributed by atoms with Gasteiger partial charge in [0.2, 0.25) is 0 Å². The zero-order chi connectivity index (χ0) is 29.9. The molecule has 0 spiro atoms. The molecule has 2 aromatic rings. The van der Waals surface area contributed by atoms with Crippen LogP contribution in [0.5, 0.6) is 0 Å². The van der Waals surface area contributed by atoms with Gasteiger partial charge >= 0.3 is 0 Å². The second-order valence-electron chi connectivity index (χ2n) is 15.7. The van der Waals surface area contributed by atoms with Crippen molar-refractivity contribution in [1.82, 2.24) is 0 Å². The summed E-state index contributed by atoms with van der Waals surface area (Å²) in [6.45, 7) is 12.1. The van der Waals surface area contributed by atoms with E-state index in [9.17, 15) is 15.3 Å². The summed E-state index contributed by atoms with van der Waals surface area (Å²) in [7, 11) is 0. The van der Waals surface area contributed by atoms with Crippen LogP contribution in [0.3, 0.4) is 0 Å². The molecule has 230 valence electrons. The minimum Gasteiger partial charge on any atom is -0.393 e. The summed E-state index contributed by atoms with van der Waals surface area (Å²) in [6, 6.07) is 20.5. The number of hydrogen-bond acceptors (Lipinski definition) is 3. The largest absolute Gasteiger partial charge is 0.393 e. The summed E-state index contributed by atoms with van der Waals surface area (Å²) in [5.74, 6) is 3.41. The molecule has 4 aliphatic carbocycles. The van der Waals surface area contributed by atoms with Crippen molar-refractivity contribution in [3.63, 3.8) is 0 Å². The maximum absolute atomic E-state index is 12.5. The molecule has 4 saturated carbocycles. The predicted octanol–water partition coefficient (Wildman–Crippen LogP) is 8.21. The van der Waals surface area contributed by atoms with Gasteiger partial charge in [-0.3, -0.25) is 0 Å². The van der Waals surface area contributed by atoms with E-state index in [0.717, 1.165) is 43.2 Å². The summed E-state index contributed by atoms with van der Waals surface area (Å²) >= 11 is 0. The molecule has 42 heavy (non-hydrogen) atoms. The first-order valence-electron chi connectivity index (χ1n) is 17.2. The average Bonchev–Trinajstić information content (AvgIpc) is 3.36. The lowest BCUT2D eigenvalue weighted by Crippen LogP contribution is -2.62. The monoisotopic (exact) mass is 572 g/mol. The molecule has 6 rings (SSSR count). The maximum atomic E-state index is 12.5. The first-order chi connectivity index (χ1) is 20.1. The van der Waals surface area contributed by atoms with E-state index in [0.29, 0.717) is 41.4 Å². The molecular weight excluding hydrogens is 516 g/mol. The van der Waals surface area contributed by atoms with Gasteiger partial charge in [0.05, 0.1) is 12.2 Å². The molecule has 0 saturated heterocycles. The smallest absolute Gasteiger partial charge is 0.117 e. The molecule has 0 radical (unpaired) electrons. The molecule has 12 atom stereocenters. The van der Waals surface area contributed by atoms with Crippen LogP contribution < -0.4 is 0 Å². The molecular formula is C39H56O3. The quantitative estimate of drug-likeness (QED) is 0.313. The van der Waals surface area contributed by atoms with Gasteiger partial charge in [-0.05, 0) is 121 Å². The molecule has 2 aromatic carbocycles. The van der Waals surface area contributed by atoms with Crippen molar-refractivity contribution in [2.75, 3.05) is 0 Å². The van der Waals surface area contributed by atoms with Gasteiger partial charge < -0.3 is 15.3 Å². The molecule has 0 aliphatic heterocycles. The van der Waals surface area contributed by atoms with Crippen LogP contribution in [0.15, 0.2) is 60.7 Å². The lowest BCUT2D eigenvalue weighted by atomic mass is 9.41. The van der Waals surface area contributed by atoms with Crippen LogP contribution in [0.1, 0.15) is 104 Å². The minimum absolute atomic E-state index is 0.0642. The van der Waals surface area contributed by atoms with E-state index in [4.69, 9.17) is 0 Å². The first kappa shape index (κ1) is 30.4. The van der Waals surface area contributed by atoms with Crippen LogP contribution in [0, 0.1) is 58.2 Å². The van der Waals surface area contributed by atoms with Crippen LogP contribution in [0.4, 0.5) is 0 Å². The van der Waals surface area contributed by atoms with E-state index in [1.807, 2.05) is 36.4 Å². The van der Waals surface area contributed by atoms with Crippen LogP contribution >= 0.6 is 0 Å². The van der Waals surface area contributed by atoms with Gasteiger partial charge in [0, 0.05) is 0 Å². The Balaban J connectivity index is 1.26. The Morgan fingerprint density at radius 2 is 1.36 bits per heavy atom. The fourth-order valence-corrected chi connectivity index (χ4v) is 11.9. The molecule has 4 aliphatic rings. The summed E-state index contributed by atoms with van der Waals surface area (Å²) in [5, 5.41) is 35.2. The Labute approximate surface area is 255 Å². The van der Waals surface area contributed by atoms with E-state index in [2.05, 4.69) is 58.9 Å². The van der Waals surface area contributed by atoms with Crippen molar-refractivity contribution >= 4 is 0 Å². The number of aliphatic hydroxyl groups excluding tert-OH is 2. The van der Waals surface area contributed by atoms with Gasteiger partial charge in [-0.15, -0.1) is 0 Å². The Hall–Kier alpha value is -1.68. The van der Waals surface area contributed by atoms with Crippen molar-refractivity contribution < 1.29 is 15.3 Å². The van der Waals surface area contributed by atoms with Crippen LogP contribution in [-0.2, 0) is 5.60 Å². The van der Waals surface area contributed by atoms with Gasteiger partial charge in [0.25, 0.3) is 0 Å². The van der Waals surface area contributed by atoms with Crippen LogP contribution in [-0.4, -0.2) is 27.5 Å². The minimum atomic E-state index is -1.03. The molecule has 0 heterocycles. The number of aliphatic hydroxyl groups is 3. The lowest BCUT2D eigenvalue weighted by molar-refractivity contribution is -0.203. The van der Waals surface area contributed by atoms with Crippen molar-refractivity contribution in [2.24, 2.45) is 58.2 Å². The normalized spacial score (nSPS) is 41.3. The first-order valence-corrected chi connectivity index (χ1v) is 17.2. The fraction of sp³-hybridized carbons (Fsp3) is 0.692. The highest BCUT2D eigenvalue weighted by atomic mass is 16.3. The number of hydrogen-bond donors (Lipinski definition) is 3. The van der Waals surface area contributed by atoms with Gasteiger partial charge in [-0.1, -0.05) is 102 Å².